The minimum atomic E-state index is -4.39. The third-order valence-electron chi connectivity index (χ3n) is 7.79. The lowest BCUT2D eigenvalue weighted by Crippen LogP contribution is -2.27. The van der Waals surface area contributed by atoms with Crippen molar-refractivity contribution < 1.29 is 37.9 Å². The van der Waals surface area contributed by atoms with Gasteiger partial charge in [0, 0.05) is 19.4 Å². The second-order valence-corrected chi connectivity index (χ2v) is 13.7. The molecule has 0 aromatic rings. The highest BCUT2D eigenvalue weighted by Gasteiger charge is 2.23. The number of phosphoric ester groups is 1. The van der Waals surface area contributed by atoms with E-state index in [9.17, 15) is 24.2 Å². The smallest absolute Gasteiger partial charge is 0.463 e. The fraction of sp³-hybridized carbons (Fsp3) is 0.941. The van der Waals surface area contributed by atoms with Crippen molar-refractivity contribution >= 4 is 19.7 Å². The van der Waals surface area contributed by atoms with Gasteiger partial charge in [0.25, 0.3) is 0 Å². The van der Waals surface area contributed by atoms with Crippen molar-refractivity contribution in [1.29, 1.82) is 0 Å². The summed E-state index contributed by atoms with van der Waals surface area (Å²) in [5.41, 5.74) is 0. The molecule has 10 heteroatoms. The quantitative estimate of drug-likeness (QED) is 0.0358. The molecule has 0 bridgehead atoms. The van der Waals surface area contributed by atoms with Crippen LogP contribution in [0.15, 0.2) is 0 Å². The first-order chi connectivity index (χ1) is 21.3. The van der Waals surface area contributed by atoms with Gasteiger partial charge in [-0.1, -0.05) is 149 Å². The number of esters is 1. The van der Waals surface area contributed by atoms with Crippen LogP contribution < -0.4 is 5.32 Å². The number of amides is 1. The van der Waals surface area contributed by atoms with Crippen molar-refractivity contribution in [3.8, 4) is 0 Å². The molecule has 0 fully saturated rings. The Kier molecular flexibility index (Phi) is 31.3. The Morgan fingerprint density at radius 3 is 1.48 bits per heavy atom. The average Bonchev–Trinajstić information content (AvgIpc) is 3.00. The predicted molar refractivity (Wildman–Crippen MR) is 178 cm³/mol. The van der Waals surface area contributed by atoms with Crippen LogP contribution in [-0.2, 0) is 27.9 Å². The first kappa shape index (κ1) is 43.0. The number of carbonyl (C=O) groups excluding carboxylic acids is 2. The van der Waals surface area contributed by atoms with E-state index in [2.05, 4.69) is 19.2 Å². The molecule has 0 spiro atoms. The maximum Gasteiger partial charge on any atom is 0.472 e. The summed E-state index contributed by atoms with van der Waals surface area (Å²) in [4.78, 5) is 33.5. The van der Waals surface area contributed by atoms with Gasteiger partial charge in [-0.2, -0.15) is 0 Å². The van der Waals surface area contributed by atoms with Crippen LogP contribution in [0.1, 0.15) is 174 Å². The Morgan fingerprint density at radius 2 is 1.02 bits per heavy atom. The molecule has 0 aliphatic heterocycles. The van der Waals surface area contributed by atoms with E-state index in [1.807, 2.05) is 0 Å². The Labute approximate surface area is 269 Å². The molecule has 262 valence electrons. The fourth-order valence-corrected chi connectivity index (χ4v) is 5.78. The zero-order chi connectivity index (χ0) is 32.6. The van der Waals surface area contributed by atoms with Crippen molar-refractivity contribution in [3.05, 3.63) is 0 Å². The molecule has 0 aliphatic rings. The van der Waals surface area contributed by atoms with E-state index in [0.29, 0.717) is 12.8 Å². The standard InChI is InChI=1S/C34H68NO8P/c1-3-5-7-9-11-12-13-14-15-16-17-18-19-20-21-23-25-27-34(38)41-30-32(36)31-43-44(39,40)42-29-28-35-33(37)26-24-22-10-8-6-4-2/h32,36H,3-31H2,1-2H3,(H,35,37)(H,39,40). The Hall–Kier alpha value is -0.990. The fourth-order valence-electron chi connectivity index (χ4n) is 5.03. The predicted octanol–water partition coefficient (Wildman–Crippen LogP) is 8.93. The van der Waals surface area contributed by atoms with Gasteiger partial charge in [0.2, 0.25) is 5.91 Å². The van der Waals surface area contributed by atoms with Gasteiger partial charge < -0.3 is 20.1 Å². The summed E-state index contributed by atoms with van der Waals surface area (Å²) < 4.78 is 26.6. The van der Waals surface area contributed by atoms with Crippen LogP contribution in [0.3, 0.4) is 0 Å². The summed E-state index contributed by atoms with van der Waals surface area (Å²) in [5.74, 6) is -0.519. The molecule has 0 aliphatic carbocycles. The molecule has 0 rings (SSSR count). The molecule has 0 aromatic carbocycles. The number of nitrogens with one attached hydrogen (secondary N) is 1. The summed E-state index contributed by atoms with van der Waals surface area (Å²) in [6.07, 6.45) is 27.7. The molecule has 3 N–H and O–H groups in total. The third kappa shape index (κ3) is 32.4. The molecule has 0 aromatic heterocycles. The van der Waals surface area contributed by atoms with E-state index in [1.54, 1.807) is 0 Å². The molecule has 0 saturated heterocycles. The second kappa shape index (κ2) is 32.0. The molecular weight excluding hydrogens is 581 g/mol. The number of aliphatic hydroxyl groups is 1. The average molecular weight is 650 g/mol. The van der Waals surface area contributed by atoms with E-state index < -0.39 is 26.5 Å². The molecule has 2 unspecified atom stereocenters. The zero-order valence-electron chi connectivity index (χ0n) is 28.4. The highest BCUT2D eigenvalue weighted by atomic mass is 31.2. The molecule has 0 saturated carbocycles. The highest BCUT2D eigenvalue weighted by molar-refractivity contribution is 7.47. The maximum absolute atomic E-state index is 12.0. The van der Waals surface area contributed by atoms with Crippen LogP contribution in [-0.4, -0.2) is 54.3 Å². The number of rotatable bonds is 34. The largest absolute Gasteiger partial charge is 0.472 e. The summed E-state index contributed by atoms with van der Waals surface area (Å²) in [5, 5.41) is 12.6. The molecule has 1 amide bonds. The molecule has 0 radical (unpaired) electrons. The molecule has 2 atom stereocenters. The number of aliphatic hydroxyl groups excluding tert-OH is 1. The van der Waals surface area contributed by atoms with Crippen LogP contribution in [0.25, 0.3) is 0 Å². The minimum absolute atomic E-state index is 0.0855. The van der Waals surface area contributed by atoms with Crippen molar-refractivity contribution in [2.75, 3.05) is 26.4 Å². The first-order valence-corrected chi connectivity index (χ1v) is 19.5. The summed E-state index contributed by atoms with van der Waals surface area (Å²) >= 11 is 0. The first-order valence-electron chi connectivity index (χ1n) is 18.0. The summed E-state index contributed by atoms with van der Waals surface area (Å²) in [7, 11) is -4.39. The van der Waals surface area contributed by atoms with Crippen molar-refractivity contribution in [2.24, 2.45) is 0 Å². The lowest BCUT2D eigenvalue weighted by atomic mass is 10.0. The topological polar surface area (TPSA) is 131 Å². The van der Waals surface area contributed by atoms with E-state index in [1.165, 1.54) is 109 Å². The van der Waals surface area contributed by atoms with Gasteiger partial charge in [-0.05, 0) is 12.8 Å². The van der Waals surface area contributed by atoms with Crippen LogP contribution >= 0.6 is 7.82 Å². The van der Waals surface area contributed by atoms with Gasteiger partial charge in [0.15, 0.2) is 0 Å². The molecule has 44 heavy (non-hydrogen) atoms. The summed E-state index contributed by atoms with van der Waals surface area (Å²) in [6.45, 7) is 3.49. The molecule has 0 heterocycles. The lowest BCUT2D eigenvalue weighted by Gasteiger charge is -2.15. The number of hydrogen-bond acceptors (Lipinski definition) is 7. The van der Waals surface area contributed by atoms with Gasteiger partial charge in [-0.25, -0.2) is 4.57 Å². The Balaban J connectivity index is 3.56. The van der Waals surface area contributed by atoms with Crippen LogP contribution in [0, 0.1) is 0 Å². The number of hydrogen-bond donors (Lipinski definition) is 3. The van der Waals surface area contributed by atoms with Crippen LogP contribution in [0.5, 0.6) is 0 Å². The highest BCUT2D eigenvalue weighted by Crippen LogP contribution is 2.42. The summed E-state index contributed by atoms with van der Waals surface area (Å²) in [6, 6.07) is 0. The minimum Gasteiger partial charge on any atom is -0.463 e. The zero-order valence-corrected chi connectivity index (χ0v) is 29.3. The Bertz CT molecular complexity index is 709. The van der Waals surface area contributed by atoms with E-state index in [0.717, 1.165) is 38.5 Å². The monoisotopic (exact) mass is 649 g/mol. The number of phosphoric acid groups is 1. The Morgan fingerprint density at radius 1 is 0.614 bits per heavy atom. The normalized spacial score (nSPS) is 13.5. The van der Waals surface area contributed by atoms with Crippen molar-refractivity contribution in [2.45, 2.75) is 180 Å². The van der Waals surface area contributed by atoms with Gasteiger partial charge in [0.1, 0.15) is 12.7 Å². The maximum atomic E-state index is 12.0. The van der Waals surface area contributed by atoms with E-state index in [-0.39, 0.29) is 25.7 Å². The number of carbonyl (C=O) groups is 2. The number of ether oxygens (including phenoxy) is 1. The van der Waals surface area contributed by atoms with Gasteiger partial charge in [-0.3, -0.25) is 18.6 Å². The van der Waals surface area contributed by atoms with Crippen LogP contribution in [0.4, 0.5) is 0 Å². The van der Waals surface area contributed by atoms with Crippen LogP contribution in [0.2, 0.25) is 0 Å². The van der Waals surface area contributed by atoms with Gasteiger partial charge >= 0.3 is 13.8 Å². The van der Waals surface area contributed by atoms with Gasteiger partial charge in [-0.15, -0.1) is 0 Å². The lowest BCUT2D eigenvalue weighted by molar-refractivity contribution is -0.147. The third-order valence-corrected chi connectivity index (χ3v) is 8.77. The second-order valence-electron chi connectivity index (χ2n) is 12.2. The molecular formula is C34H68NO8P. The van der Waals surface area contributed by atoms with Crippen molar-refractivity contribution in [3.63, 3.8) is 0 Å². The SMILES string of the molecule is CCCCCCCCCCCCCCCCCCCC(=O)OCC(O)COP(=O)(O)OCCNC(=O)CCCCCCCC. The van der Waals surface area contributed by atoms with E-state index >= 15 is 0 Å². The molecule has 9 nitrogen and oxygen atoms in total. The van der Waals surface area contributed by atoms with E-state index in [4.69, 9.17) is 13.8 Å². The van der Waals surface area contributed by atoms with Gasteiger partial charge in [0.05, 0.1) is 13.2 Å². The van der Waals surface area contributed by atoms with Crippen molar-refractivity contribution in [1.82, 2.24) is 5.32 Å². The number of unbranched alkanes of at least 4 members (excludes halogenated alkanes) is 21.